The summed E-state index contributed by atoms with van der Waals surface area (Å²) >= 11 is 0. The normalized spacial score (nSPS) is 12.6. The zero-order valence-electron chi connectivity index (χ0n) is 15.4. The van der Waals surface area contributed by atoms with Gasteiger partial charge in [0.1, 0.15) is 17.8 Å². The standard InChI is InChI=1S/C21H21N5O/c1-25(2)17-9-7-16(8-10-17)24-20-13-18(22-14-23-20)21(27)26-12-11-15-5-3-4-6-19(15)26/h3-10,13-14H,11-12H2,1-2H3,(H,22,23,24). The van der Waals surface area contributed by atoms with E-state index in [-0.39, 0.29) is 5.91 Å². The second-order valence-electron chi connectivity index (χ2n) is 6.69. The van der Waals surface area contributed by atoms with Crippen molar-refractivity contribution in [3.05, 3.63) is 72.2 Å². The highest BCUT2D eigenvalue weighted by Crippen LogP contribution is 2.29. The van der Waals surface area contributed by atoms with Gasteiger partial charge in [-0.1, -0.05) is 18.2 Å². The molecule has 0 aliphatic carbocycles. The van der Waals surface area contributed by atoms with E-state index >= 15 is 0 Å². The van der Waals surface area contributed by atoms with Crippen molar-refractivity contribution in [2.75, 3.05) is 35.8 Å². The fraction of sp³-hybridized carbons (Fsp3) is 0.190. The fourth-order valence-corrected chi connectivity index (χ4v) is 3.22. The van der Waals surface area contributed by atoms with Crippen molar-refractivity contribution in [2.24, 2.45) is 0 Å². The van der Waals surface area contributed by atoms with Gasteiger partial charge in [-0.2, -0.15) is 0 Å². The van der Waals surface area contributed by atoms with Gasteiger partial charge in [0.15, 0.2) is 0 Å². The maximum Gasteiger partial charge on any atom is 0.277 e. The summed E-state index contributed by atoms with van der Waals surface area (Å²) in [6.45, 7) is 0.678. The van der Waals surface area contributed by atoms with Gasteiger partial charge < -0.3 is 15.1 Å². The maximum atomic E-state index is 12.9. The number of rotatable bonds is 4. The minimum atomic E-state index is -0.103. The van der Waals surface area contributed by atoms with E-state index in [2.05, 4.69) is 21.4 Å². The summed E-state index contributed by atoms with van der Waals surface area (Å²) in [6.07, 6.45) is 2.29. The van der Waals surface area contributed by atoms with E-state index in [1.807, 2.05) is 61.5 Å². The quantitative estimate of drug-likeness (QED) is 0.773. The molecular formula is C21H21N5O. The van der Waals surface area contributed by atoms with Crippen LogP contribution in [-0.4, -0.2) is 36.5 Å². The Morgan fingerprint density at radius 1 is 1.07 bits per heavy atom. The highest BCUT2D eigenvalue weighted by atomic mass is 16.2. The Bertz CT molecular complexity index is 968. The molecule has 4 rings (SSSR count). The van der Waals surface area contributed by atoms with Crippen LogP contribution in [0.2, 0.25) is 0 Å². The molecule has 0 fully saturated rings. The van der Waals surface area contributed by atoms with Crippen molar-refractivity contribution < 1.29 is 4.79 Å². The summed E-state index contributed by atoms with van der Waals surface area (Å²) in [5.41, 5.74) is 4.57. The van der Waals surface area contributed by atoms with E-state index in [1.54, 1.807) is 11.0 Å². The summed E-state index contributed by atoms with van der Waals surface area (Å²) in [7, 11) is 4.00. The van der Waals surface area contributed by atoms with Crippen LogP contribution in [-0.2, 0) is 6.42 Å². The summed E-state index contributed by atoms with van der Waals surface area (Å²) in [5, 5.41) is 3.23. The molecule has 3 aromatic rings. The summed E-state index contributed by atoms with van der Waals surface area (Å²) in [6, 6.07) is 17.7. The molecule has 1 N–H and O–H groups in total. The number of fused-ring (bicyclic) bond motifs is 1. The molecule has 2 aromatic carbocycles. The van der Waals surface area contributed by atoms with Crippen LogP contribution in [0.15, 0.2) is 60.9 Å². The highest BCUT2D eigenvalue weighted by molar-refractivity contribution is 6.06. The van der Waals surface area contributed by atoms with E-state index in [9.17, 15) is 4.79 Å². The average Bonchev–Trinajstić information content (AvgIpc) is 3.12. The Balaban J connectivity index is 1.53. The van der Waals surface area contributed by atoms with E-state index in [0.29, 0.717) is 18.1 Å². The van der Waals surface area contributed by atoms with E-state index < -0.39 is 0 Å². The molecule has 1 aromatic heterocycles. The van der Waals surface area contributed by atoms with Gasteiger partial charge in [-0.3, -0.25) is 4.79 Å². The zero-order chi connectivity index (χ0) is 18.8. The predicted molar refractivity (Wildman–Crippen MR) is 108 cm³/mol. The summed E-state index contributed by atoms with van der Waals surface area (Å²) < 4.78 is 0. The molecule has 0 saturated heterocycles. The molecule has 0 unspecified atom stereocenters. The van der Waals surface area contributed by atoms with Crippen molar-refractivity contribution in [3.8, 4) is 0 Å². The Labute approximate surface area is 158 Å². The number of aromatic nitrogens is 2. The number of carbonyl (C=O) groups is 1. The van der Waals surface area contributed by atoms with Crippen LogP contribution in [0.1, 0.15) is 16.1 Å². The fourth-order valence-electron chi connectivity index (χ4n) is 3.22. The monoisotopic (exact) mass is 359 g/mol. The van der Waals surface area contributed by atoms with Crippen molar-refractivity contribution in [1.29, 1.82) is 0 Å². The first kappa shape index (κ1) is 17.0. The first-order chi connectivity index (χ1) is 13.1. The number of para-hydroxylation sites is 1. The van der Waals surface area contributed by atoms with E-state index in [0.717, 1.165) is 23.5 Å². The molecular weight excluding hydrogens is 338 g/mol. The molecule has 1 amide bonds. The Hall–Kier alpha value is -3.41. The first-order valence-corrected chi connectivity index (χ1v) is 8.88. The van der Waals surface area contributed by atoms with Crippen LogP contribution >= 0.6 is 0 Å². The third kappa shape index (κ3) is 3.46. The number of benzene rings is 2. The largest absolute Gasteiger partial charge is 0.378 e. The van der Waals surface area contributed by atoms with Crippen LogP contribution < -0.4 is 15.1 Å². The maximum absolute atomic E-state index is 12.9. The highest BCUT2D eigenvalue weighted by Gasteiger charge is 2.26. The predicted octanol–water partition coefficient (Wildman–Crippen LogP) is 3.49. The van der Waals surface area contributed by atoms with Gasteiger partial charge in [-0.25, -0.2) is 9.97 Å². The number of hydrogen-bond acceptors (Lipinski definition) is 5. The van der Waals surface area contributed by atoms with Gasteiger partial charge in [-0.15, -0.1) is 0 Å². The third-order valence-electron chi connectivity index (χ3n) is 4.67. The van der Waals surface area contributed by atoms with Crippen LogP contribution in [0, 0.1) is 0 Å². The van der Waals surface area contributed by atoms with Gasteiger partial charge in [-0.05, 0) is 42.3 Å². The third-order valence-corrected chi connectivity index (χ3v) is 4.67. The van der Waals surface area contributed by atoms with Crippen LogP contribution in [0.25, 0.3) is 0 Å². The molecule has 136 valence electrons. The minimum absolute atomic E-state index is 0.103. The zero-order valence-corrected chi connectivity index (χ0v) is 15.4. The Kier molecular flexibility index (Phi) is 4.46. The molecule has 6 heteroatoms. The molecule has 0 saturated carbocycles. The van der Waals surface area contributed by atoms with Crippen LogP contribution in [0.5, 0.6) is 0 Å². The lowest BCUT2D eigenvalue weighted by molar-refractivity contribution is 0.0984. The van der Waals surface area contributed by atoms with Crippen molar-refractivity contribution >= 4 is 28.8 Å². The number of hydrogen-bond donors (Lipinski definition) is 1. The van der Waals surface area contributed by atoms with Gasteiger partial charge in [0, 0.05) is 43.8 Å². The topological polar surface area (TPSA) is 61.4 Å². The molecule has 6 nitrogen and oxygen atoms in total. The van der Waals surface area contributed by atoms with Crippen molar-refractivity contribution in [2.45, 2.75) is 6.42 Å². The van der Waals surface area contributed by atoms with E-state index in [1.165, 1.54) is 11.9 Å². The number of amides is 1. The van der Waals surface area contributed by atoms with Crippen LogP contribution in [0.3, 0.4) is 0 Å². The number of nitrogens with zero attached hydrogens (tertiary/aromatic N) is 4. The second kappa shape index (κ2) is 7.07. The Morgan fingerprint density at radius 2 is 1.85 bits per heavy atom. The van der Waals surface area contributed by atoms with Crippen LogP contribution in [0.4, 0.5) is 22.9 Å². The molecule has 2 heterocycles. The van der Waals surface area contributed by atoms with Crippen molar-refractivity contribution in [3.63, 3.8) is 0 Å². The van der Waals surface area contributed by atoms with Crippen molar-refractivity contribution in [1.82, 2.24) is 9.97 Å². The van der Waals surface area contributed by atoms with Gasteiger partial charge in [0.25, 0.3) is 5.91 Å². The molecule has 0 bridgehead atoms. The lowest BCUT2D eigenvalue weighted by Crippen LogP contribution is -2.29. The second-order valence-corrected chi connectivity index (χ2v) is 6.69. The molecule has 1 aliphatic rings. The molecule has 0 spiro atoms. The number of carbonyl (C=O) groups excluding carboxylic acids is 1. The molecule has 0 radical (unpaired) electrons. The SMILES string of the molecule is CN(C)c1ccc(Nc2cc(C(=O)N3CCc4ccccc43)ncn2)cc1. The summed E-state index contributed by atoms with van der Waals surface area (Å²) in [5.74, 6) is 0.492. The molecule has 1 aliphatic heterocycles. The Morgan fingerprint density at radius 3 is 2.63 bits per heavy atom. The minimum Gasteiger partial charge on any atom is -0.378 e. The number of anilines is 4. The van der Waals surface area contributed by atoms with Gasteiger partial charge >= 0.3 is 0 Å². The number of nitrogens with one attached hydrogen (secondary N) is 1. The smallest absolute Gasteiger partial charge is 0.277 e. The first-order valence-electron chi connectivity index (χ1n) is 8.88. The average molecular weight is 359 g/mol. The van der Waals surface area contributed by atoms with Gasteiger partial charge in [0.05, 0.1) is 0 Å². The molecule has 27 heavy (non-hydrogen) atoms. The molecule has 0 atom stereocenters. The van der Waals surface area contributed by atoms with Gasteiger partial charge in [0.2, 0.25) is 0 Å². The summed E-state index contributed by atoms with van der Waals surface area (Å²) in [4.78, 5) is 25.2. The lowest BCUT2D eigenvalue weighted by atomic mass is 10.2. The van der Waals surface area contributed by atoms with E-state index in [4.69, 9.17) is 0 Å². The lowest BCUT2D eigenvalue weighted by Gasteiger charge is -2.17.